The number of hydrogen-bond donors (Lipinski definition) is 0. The van der Waals surface area contributed by atoms with Crippen molar-refractivity contribution in [3.05, 3.63) is 65.7 Å². The molecule has 0 heterocycles. The quantitative estimate of drug-likeness (QED) is 0.611. The lowest BCUT2D eigenvalue weighted by Crippen LogP contribution is -1.92. The first-order valence-corrected chi connectivity index (χ1v) is 7.08. The van der Waals surface area contributed by atoms with Gasteiger partial charge in [0.05, 0.1) is 11.6 Å². The topological polar surface area (TPSA) is 9.23 Å². The average Bonchev–Trinajstić information content (AvgIpc) is 2.49. The molecule has 0 spiro atoms. The molecule has 0 fully saturated rings. The molecule has 0 atom stereocenters. The summed E-state index contributed by atoms with van der Waals surface area (Å²) < 4.78 is 5.58. The molecule has 0 N–H and O–H groups in total. The highest BCUT2D eigenvalue weighted by molar-refractivity contribution is 6.32. The van der Waals surface area contributed by atoms with E-state index < -0.39 is 0 Å². The molecule has 0 radical (unpaired) electrons. The molecule has 3 rings (SSSR count). The predicted molar refractivity (Wildman–Crippen MR) is 85.6 cm³/mol. The molecule has 0 saturated carbocycles. The van der Waals surface area contributed by atoms with E-state index in [1.54, 1.807) is 0 Å². The fourth-order valence-corrected chi connectivity index (χ4v) is 2.59. The van der Waals surface area contributed by atoms with E-state index in [4.69, 9.17) is 16.3 Å². The maximum absolute atomic E-state index is 6.16. The predicted octanol–water partition coefficient (Wildman–Crippen LogP) is 5.56. The molecular weight excluding hydrogens is 268 g/mol. The molecule has 0 saturated heterocycles. The van der Waals surface area contributed by atoms with Crippen molar-refractivity contribution in [1.29, 1.82) is 0 Å². The highest BCUT2D eigenvalue weighted by Gasteiger charge is 2.07. The van der Waals surface area contributed by atoms with Crippen molar-refractivity contribution in [3.63, 3.8) is 0 Å². The molecule has 2 heteroatoms. The van der Waals surface area contributed by atoms with E-state index >= 15 is 0 Å². The van der Waals surface area contributed by atoms with E-state index in [2.05, 4.69) is 42.5 Å². The maximum atomic E-state index is 6.16. The lowest BCUT2D eigenvalue weighted by Gasteiger charge is -2.10. The Morgan fingerprint density at radius 1 is 0.950 bits per heavy atom. The van der Waals surface area contributed by atoms with Gasteiger partial charge >= 0.3 is 0 Å². The number of ether oxygens (including phenoxy) is 1. The Morgan fingerprint density at radius 3 is 2.60 bits per heavy atom. The van der Waals surface area contributed by atoms with E-state index in [1.807, 2.05) is 25.1 Å². The summed E-state index contributed by atoms with van der Waals surface area (Å²) in [5.41, 5.74) is 2.32. The number of benzene rings is 3. The molecule has 3 aromatic carbocycles. The van der Waals surface area contributed by atoms with Gasteiger partial charge in [0.2, 0.25) is 0 Å². The Morgan fingerprint density at radius 2 is 1.75 bits per heavy atom. The molecule has 0 amide bonds. The zero-order valence-corrected chi connectivity index (χ0v) is 12.0. The van der Waals surface area contributed by atoms with E-state index in [9.17, 15) is 0 Å². The van der Waals surface area contributed by atoms with Gasteiger partial charge in [-0.15, -0.1) is 0 Å². The molecule has 0 bridgehead atoms. The highest BCUT2D eigenvalue weighted by atomic mass is 35.5. The van der Waals surface area contributed by atoms with Crippen LogP contribution in [0.4, 0.5) is 0 Å². The summed E-state index contributed by atoms with van der Waals surface area (Å²) in [5, 5.41) is 3.12. The van der Waals surface area contributed by atoms with Crippen molar-refractivity contribution >= 4 is 22.4 Å². The normalized spacial score (nSPS) is 10.7. The first-order chi connectivity index (χ1) is 9.79. The third-order valence-corrected chi connectivity index (χ3v) is 3.64. The second-order valence-electron chi connectivity index (χ2n) is 4.60. The fraction of sp³-hybridized carbons (Fsp3) is 0.111. The maximum Gasteiger partial charge on any atom is 0.138 e. The first kappa shape index (κ1) is 13.0. The smallest absolute Gasteiger partial charge is 0.138 e. The summed E-state index contributed by atoms with van der Waals surface area (Å²) in [5.74, 6) is 0.736. The van der Waals surface area contributed by atoms with Crippen LogP contribution in [0.25, 0.3) is 21.9 Å². The lowest BCUT2D eigenvalue weighted by molar-refractivity contribution is 0.340. The molecule has 3 aromatic rings. The number of rotatable bonds is 3. The van der Waals surface area contributed by atoms with Gasteiger partial charge < -0.3 is 4.74 Å². The third kappa shape index (κ3) is 2.37. The Kier molecular flexibility index (Phi) is 3.62. The number of halogens is 1. The van der Waals surface area contributed by atoms with Gasteiger partial charge in [-0.05, 0) is 41.0 Å². The van der Waals surface area contributed by atoms with Crippen molar-refractivity contribution in [2.75, 3.05) is 6.61 Å². The van der Waals surface area contributed by atoms with Gasteiger partial charge in [-0.1, -0.05) is 60.1 Å². The van der Waals surface area contributed by atoms with E-state index in [-0.39, 0.29) is 0 Å². The summed E-state index contributed by atoms with van der Waals surface area (Å²) in [6.07, 6.45) is 0. The van der Waals surface area contributed by atoms with Crippen LogP contribution in [0.3, 0.4) is 0 Å². The Bertz CT molecular complexity index is 744. The molecule has 0 aromatic heterocycles. The minimum atomic E-state index is 0.610. The standard InChI is InChI=1S/C18H15ClO/c1-2-20-18-12-14(10-11-17(18)19)16-9-5-7-13-6-3-4-8-15(13)16/h3-12H,2H2,1H3. The summed E-state index contributed by atoms with van der Waals surface area (Å²) in [4.78, 5) is 0. The van der Waals surface area contributed by atoms with Crippen LogP contribution in [0, 0.1) is 0 Å². The van der Waals surface area contributed by atoms with Crippen LogP contribution < -0.4 is 4.74 Å². The fourth-order valence-electron chi connectivity index (χ4n) is 2.41. The number of fused-ring (bicyclic) bond motifs is 1. The van der Waals surface area contributed by atoms with Crippen LogP contribution in [0.2, 0.25) is 5.02 Å². The molecule has 1 nitrogen and oxygen atoms in total. The molecule has 100 valence electrons. The molecule has 0 aliphatic carbocycles. The van der Waals surface area contributed by atoms with Gasteiger partial charge in [0.25, 0.3) is 0 Å². The zero-order valence-electron chi connectivity index (χ0n) is 11.3. The van der Waals surface area contributed by atoms with E-state index in [0.29, 0.717) is 11.6 Å². The molecule has 0 unspecified atom stereocenters. The van der Waals surface area contributed by atoms with Crippen molar-refractivity contribution in [1.82, 2.24) is 0 Å². The van der Waals surface area contributed by atoms with Crippen LogP contribution in [0.5, 0.6) is 5.75 Å². The number of hydrogen-bond acceptors (Lipinski definition) is 1. The Hall–Kier alpha value is -1.99. The Balaban J connectivity index is 2.18. The van der Waals surface area contributed by atoms with Crippen molar-refractivity contribution < 1.29 is 4.74 Å². The second kappa shape index (κ2) is 5.56. The average molecular weight is 283 g/mol. The van der Waals surface area contributed by atoms with Crippen molar-refractivity contribution in [2.24, 2.45) is 0 Å². The zero-order chi connectivity index (χ0) is 13.9. The summed E-state index contributed by atoms with van der Waals surface area (Å²) >= 11 is 6.16. The van der Waals surface area contributed by atoms with Crippen molar-refractivity contribution in [2.45, 2.75) is 6.92 Å². The largest absolute Gasteiger partial charge is 0.492 e. The van der Waals surface area contributed by atoms with Crippen LogP contribution in [0.1, 0.15) is 6.92 Å². The molecular formula is C18H15ClO. The van der Waals surface area contributed by atoms with Crippen LogP contribution >= 0.6 is 11.6 Å². The monoisotopic (exact) mass is 282 g/mol. The SMILES string of the molecule is CCOc1cc(-c2cccc3ccccc23)ccc1Cl. The van der Waals surface area contributed by atoms with Crippen LogP contribution in [0.15, 0.2) is 60.7 Å². The van der Waals surface area contributed by atoms with Gasteiger partial charge in [0.1, 0.15) is 5.75 Å². The van der Waals surface area contributed by atoms with E-state index in [0.717, 1.165) is 11.3 Å². The second-order valence-corrected chi connectivity index (χ2v) is 5.01. The van der Waals surface area contributed by atoms with Crippen LogP contribution in [-0.2, 0) is 0 Å². The molecule has 0 aliphatic rings. The Labute approximate surface area is 123 Å². The van der Waals surface area contributed by atoms with Gasteiger partial charge in [-0.25, -0.2) is 0 Å². The highest BCUT2D eigenvalue weighted by Crippen LogP contribution is 2.34. The van der Waals surface area contributed by atoms with Crippen molar-refractivity contribution in [3.8, 4) is 16.9 Å². The van der Waals surface area contributed by atoms with Gasteiger partial charge in [0, 0.05) is 0 Å². The first-order valence-electron chi connectivity index (χ1n) is 6.70. The van der Waals surface area contributed by atoms with Gasteiger partial charge in [-0.3, -0.25) is 0 Å². The van der Waals surface area contributed by atoms with Gasteiger partial charge in [-0.2, -0.15) is 0 Å². The van der Waals surface area contributed by atoms with E-state index in [1.165, 1.54) is 16.3 Å². The summed E-state index contributed by atoms with van der Waals surface area (Å²) in [6, 6.07) is 20.6. The summed E-state index contributed by atoms with van der Waals surface area (Å²) in [6.45, 7) is 2.57. The molecule has 20 heavy (non-hydrogen) atoms. The summed E-state index contributed by atoms with van der Waals surface area (Å²) in [7, 11) is 0. The van der Waals surface area contributed by atoms with Gasteiger partial charge in [0.15, 0.2) is 0 Å². The minimum absolute atomic E-state index is 0.610. The third-order valence-electron chi connectivity index (χ3n) is 3.33. The molecule has 0 aliphatic heterocycles. The minimum Gasteiger partial charge on any atom is -0.492 e. The van der Waals surface area contributed by atoms with Crippen LogP contribution in [-0.4, -0.2) is 6.61 Å². The lowest BCUT2D eigenvalue weighted by atomic mass is 9.98.